The molecule has 1 amide bonds. The quantitative estimate of drug-likeness (QED) is 0.856. The first kappa shape index (κ1) is 14.0. The van der Waals surface area contributed by atoms with E-state index in [0.717, 1.165) is 30.6 Å². The van der Waals surface area contributed by atoms with Crippen LogP contribution in [0.15, 0.2) is 24.3 Å². The summed E-state index contributed by atoms with van der Waals surface area (Å²) in [7, 11) is 1.77. The summed E-state index contributed by atoms with van der Waals surface area (Å²) in [6.45, 7) is 2.28. The van der Waals surface area contributed by atoms with Crippen molar-refractivity contribution >= 4 is 11.6 Å². The molecule has 0 saturated heterocycles. The van der Waals surface area contributed by atoms with Crippen LogP contribution in [-0.4, -0.2) is 25.2 Å². The van der Waals surface area contributed by atoms with Gasteiger partial charge in [0.15, 0.2) is 0 Å². The van der Waals surface area contributed by atoms with Crippen LogP contribution < -0.4 is 10.6 Å². The van der Waals surface area contributed by atoms with Gasteiger partial charge >= 0.3 is 0 Å². The average Bonchev–Trinajstić information content (AvgIpc) is 2.84. The zero-order valence-electron chi connectivity index (χ0n) is 11.6. The van der Waals surface area contributed by atoms with Crippen LogP contribution in [0.4, 0.5) is 5.69 Å². The highest BCUT2D eigenvalue weighted by Crippen LogP contribution is 2.22. The summed E-state index contributed by atoms with van der Waals surface area (Å²) in [5, 5.41) is 6.40. The Hall–Kier alpha value is -1.39. The molecule has 1 aromatic carbocycles. The molecule has 2 N–H and O–H groups in total. The van der Waals surface area contributed by atoms with Gasteiger partial charge in [0.25, 0.3) is 0 Å². The van der Waals surface area contributed by atoms with Crippen LogP contribution in [0.2, 0.25) is 0 Å². The van der Waals surface area contributed by atoms with E-state index >= 15 is 0 Å². The highest BCUT2D eigenvalue weighted by molar-refractivity contribution is 5.89. The number of anilines is 1. The van der Waals surface area contributed by atoms with Crippen LogP contribution in [0.3, 0.4) is 0 Å². The SMILES string of the molecule is COC1CCCC1NCc1ccccc1NC(C)=O. The van der Waals surface area contributed by atoms with E-state index < -0.39 is 0 Å². The minimum Gasteiger partial charge on any atom is -0.380 e. The topological polar surface area (TPSA) is 50.4 Å². The number of benzene rings is 1. The van der Waals surface area contributed by atoms with Crippen LogP contribution in [0.5, 0.6) is 0 Å². The number of amides is 1. The molecule has 2 atom stereocenters. The van der Waals surface area contributed by atoms with Crippen molar-refractivity contribution in [2.24, 2.45) is 0 Å². The van der Waals surface area contributed by atoms with Gasteiger partial charge in [0.2, 0.25) is 5.91 Å². The highest BCUT2D eigenvalue weighted by atomic mass is 16.5. The molecule has 2 rings (SSSR count). The van der Waals surface area contributed by atoms with Crippen molar-refractivity contribution in [3.05, 3.63) is 29.8 Å². The number of carbonyl (C=O) groups is 1. The zero-order chi connectivity index (χ0) is 13.7. The second kappa shape index (κ2) is 6.68. The molecule has 2 unspecified atom stereocenters. The Kier molecular flexibility index (Phi) is 4.93. The number of hydrogen-bond acceptors (Lipinski definition) is 3. The molecule has 0 radical (unpaired) electrons. The number of carbonyl (C=O) groups excluding carboxylic acids is 1. The van der Waals surface area contributed by atoms with Crippen molar-refractivity contribution in [3.63, 3.8) is 0 Å². The molecule has 1 aliphatic carbocycles. The summed E-state index contributed by atoms with van der Waals surface area (Å²) in [6.07, 6.45) is 3.80. The number of ether oxygens (including phenoxy) is 1. The number of para-hydroxylation sites is 1. The van der Waals surface area contributed by atoms with E-state index in [-0.39, 0.29) is 5.91 Å². The standard InChI is InChI=1S/C15H22N2O2/c1-11(18)17-13-7-4-3-6-12(13)10-16-14-8-5-9-15(14)19-2/h3-4,6-7,14-16H,5,8-10H2,1-2H3,(H,17,18). The van der Waals surface area contributed by atoms with Crippen molar-refractivity contribution in [3.8, 4) is 0 Å². The number of methoxy groups -OCH3 is 1. The van der Waals surface area contributed by atoms with Gasteiger partial charge in [-0.25, -0.2) is 0 Å². The van der Waals surface area contributed by atoms with E-state index in [4.69, 9.17) is 4.74 Å². The third-order valence-electron chi connectivity index (χ3n) is 3.64. The van der Waals surface area contributed by atoms with Crippen LogP contribution in [0, 0.1) is 0 Å². The average molecular weight is 262 g/mol. The van der Waals surface area contributed by atoms with Gasteiger partial charge in [0.05, 0.1) is 6.10 Å². The molecular weight excluding hydrogens is 240 g/mol. The van der Waals surface area contributed by atoms with Crippen molar-refractivity contribution in [2.45, 2.75) is 44.9 Å². The molecule has 4 nitrogen and oxygen atoms in total. The van der Waals surface area contributed by atoms with Crippen LogP contribution in [0.25, 0.3) is 0 Å². The minimum absolute atomic E-state index is 0.0388. The zero-order valence-corrected chi connectivity index (χ0v) is 11.6. The van der Waals surface area contributed by atoms with E-state index in [2.05, 4.69) is 10.6 Å². The smallest absolute Gasteiger partial charge is 0.221 e. The monoisotopic (exact) mass is 262 g/mol. The molecule has 19 heavy (non-hydrogen) atoms. The summed E-state index contributed by atoms with van der Waals surface area (Å²) >= 11 is 0. The summed E-state index contributed by atoms with van der Waals surface area (Å²) in [5.41, 5.74) is 1.99. The fraction of sp³-hybridized carbons (Fsp3) is 0.533. The van der Waals surface area contributed by atoms with Crippen LogP contribution in [0.1, 0.15) is 31.7 Å². The Labute approximate surface area is 114 Å². The Bertz CT molecular complexity index is 434. The molecule has 0 heterocycles. The number of hydrogen-bond donors (Lipinski definition) is 2. The summed E-state index contributed by atoms with van der Waals surface area (Å²) in [5.74, 6) is -0.0388. The summed E-state index contributed by atoms with van der Waals surface area (Å²) in [4.78, 5) is 11.2. The first-order valence-electron chi connectivity index (χ1n) is 6.82. The van der Waals surface area contributed by atoms with E-state index in [1.54, 1.807) is 7.11 Å². The van der Waals surface area contributed by atoms with E-state index in [0.29, 0.717) is 12.1 Å². The van der Waals surface area contributed by atoms with Gasteiger partial charge in [0, 0.05) is 32.3 Å². The van der Waals surface area contributed by atoms with Crippen LogP contribution >= 0.6 is 0 Å². The Balaban J connectivity index is 1.97. The van der Waals surface area contributed by atoms with Gasteiger partial charge in [0.1, 0.15) is 0 Å². The molecule has 0 bridgehead atoms. The lowest BCUT2D eigenvalue weighted by atomic mass is 10.1. The molecular formula is C15H22N2O2. The van der Waals surface area contributed by atoms with Gasteiger partial charge in [-0.05, 0) is 30.9 Å². The fourth-order valence-corrected chi connectivity index (χ4v) is 2.67. The number of rotatable bonds is 5. The number of nitrogens with one attached hydrogen (secondary N) is 2. The van der Waals surface area contributed by atoms with Gasteiger partial charge in [-0.3, -0.25) is 4.79 Å². The lowest BCUT2D eigenvalue weighted by Crippen LogP contribution is -2.36. The molecule has 0 spiro atoms. The third kappa shape index (κ3) is 3.78. The lowest BCUT2D eigenvalue weighted by Gasteiger charge is -2.20. The molecule has 104 valence electrons. The van der Waals surface area contributed by atoms with Crippen LogP contribution in [-0.2, 0) is 16.1 Å². The Morgan fingerprint density at radius 2 is 2.16 bits per heavy atom. The van der Waals surface area contributed by atoms with Crippen molar-refractivity contribution in [2.75, 3.05) is 12.4 Å². The Morgan fingerprint density at radius 1 is 1.37 bits per heavy atom. The van der Waals surface area contributed by atoms with E-state index in [1.807, 2.05) is 24.3 Å². The van der Waals surface area contributed by atoms with Gasteiger partial charge in [-0.1, -0.05) is 18.2 Å². The predicted molar refractivity (Wildman–Crippen MR) is 76.0 cm³/mol. The molecule has 0 aliphatic heterocycles. The molecule has 1 aromatic rings. The second-order valence-electron chi connectivity index (χ2n) is 5.03. The predicted octanol–water partition coefficient (Wildman–Crippen LogP) is 2.30. The van der Waals surface area contributed by atoms with Crippen molar-refractivity contribution in [1.82, 2.24) is 5.32 Å². The summed E-state index contributed by atoms with van der Waals surface area (Å²) < 4.78 is 5.47. The molecule has 0 aromatic heterocycles. The Morgan fingerprint density at radius 3 is 2.89 bits per heavy atom. The second-order valence-corrected chi connectivity index (χ2v) is 5.03. The highest BCUT2D eigenvalue weighted by Gasteiger charge is 2.26. The van der Waals surface area contributed by atoms with Gasteiger partial charge in [-0.2, -0.15) is 0 Å². The van der Waals surface area contributed by atoms with E-state index in [1.165, 1.54) is 13.3 Å². The first-order chi connectivity index (χ1) is 9.20. The van der Waals surface area contributed by atoms with E-state index in [9.17, 15) is 4.79 Å². The molecule has 1 fully saturated rings. The minimum atomic E-state index is -0.0388. The molecule has 4 heteroatoms. The van der Waals surface area contributed by atoms with Crippen molar-refractivity contribution < 1.29 is 9.53 Å². The maximum Gasteiger partial charge on any atom is 0.221 e. The maximum absolute atomic E-state index is 11.2. The largest absolute Gasteiger partial charge is 0.380 e. The lowest BCUT2D eigenvalue weighted by molar-refractivity contribution is -0.114. The fourth-order valence-electron chi connectivity index (χ4n) is 2.67. The molecule has 1 aliphatic rings. The third-order valence-corrected chi connectivity index (χ3v) is 3.64. The normalized spacial score (nSPS) is 22.4. The summed E-state index contributed by atoms with van der Waals surface area (Å²) in [6, 6.07) is 8.30. The van der Waals surface area contributed by atoms with Crippen molar-refractivity contribution in [1.29, 1.82) is 0 Å². The van der Waals surface area contributed by atoms with Gasteiger partial charge in [-0.15, -0.1) is 0 Å². The van der Waals surface area contributed by atoms with Gasteiger partial charge < -0.3 is 15.4 Å². The first-order valence-corrected chi connectivity index (χ1v) is 6.82. The molecule has 1 saturated carbocycles. The maximum atomic E-state index is 11.2.